The van der Waals surface area contributed by atoms with Crippen LogP contribution in [0.4, 0.5) is 0 Å². The second-order valence-electron chi connectivity index (χ2n) is 5.17. The Morgan fingerprint density at radius 1 is 1.29 bits per heavy atom. The van der Waals surface area contributed by atoms with Gasteiger partial charge in [-0.1, -0.05) is 20.8 Å². The van der Waals surface area contributed by atoms with Gasteiger partial charge in [0.25, 0.3) is 0 Å². The summed E-state index contributed by atoms with van der Waals surface area (Å²) < 4.78 is 0. The summed E-state index contributed by atoms with van der Waals surface area (Å²) in [7, 11) is 0. The van der Waals surface area contributed by atoms with E-state index in [9.17, 15) is 5.11 Å². The van der Waals surface area contributed by atoms with Crippen LogP contribution in [-0.4, -0.2) is 36.2 Å². The highest BCUT2D eigenvalue weighted by Gasteiger charge is 2.20. The van der Waals surface area contributed by atoms with Crippen molar-refractivity contribution in [1.82, 2.24) is 4.90 Å². The van der Waals surface area contributed by atoms with E-state index in [1.807, 2.05) is 0 Å². The highest BCUT2D eigenvalue weighted by molar-refractivity contribution is 4.73. The van der Waals surface area contributed by atoms with Crippen molar-refractivity contribution in [2.75, 3.05) is 26.2 Å². The zero-order chi connectivity index (χ0) is 10.6. The van der Waals surface area contributed by atoms with Crippen LogP contribution in [0.5, 0.6) is 0 Å². The van der Waals surface area contributed by atoms with Crippen LogP contribution in [0.1, 0.15) is 33.6 Å². The van der Waals surface area contributed by atoms with Gasteiger partial charge >= 0.3 is 0 Å². The quantitative estimate of drug-likeness (QED) is 0.748. The molecule has 0 aliphatic carbocycles. The summed E-state index contributed by atoms with van der Waals surface area (Å²) in [5, 5.41) is 9.25. The molecule has 0 amide bonds. The maximum Gasteiger partial charge on any atom is 0.0473 e. The third kappa shape index (κ3) is 3.58. The molecule has 1 heterocycles. The van der Waals surface area contributed by atoms with Gasteiger partial charge in [0.1, 0.15) is 0 Å². The SMILES string of the molecule is CC1CCN(CC(CO)C(C)C)CC1. The summed E-state index contributed by atoms with van der Waals surface area (Å²) in [5.74, 6) is 1.96. The fourth-order valence-corrected chi connectivity index (χ4v) is 2.06. The van der Waals surface area contributed by atoms with E-state index in [0.29, 0.717) is 18.4 Å². The molecule has 1 rings (SSSR count). The largest absolute Gasteiger partial charge is 0.396 e. The molecule has 1 saturated heterocycles. The summed E-state index contributed by atoms with van der Waals surface area (Å²) in [4.78, 5) is 2.51. The lowest BCUT2D eigenvalue weighted by atomic mass is 9.93. The lowest BCUT2D eigenvalue weighted by Gasteiger charge is -2.33. The molecule has 1 fully saturated rings. The van der Waals surface area contributed by atoms with E-state index in [2.05, 4.69) is 25.7 Å². The van der Waals surface area contributed by atoms with Gasteiger partial charge in [-0.3, -0.25) is 0 Å². The Morgan fingerprint density at radius 2 is 1.86 bits per heavy atom. The van der Waals surface area contributed by atoms with E-state index in [-0.39, 0.29) is 0 Å². The summed E-state index contributed by atoms with van der Waals surface area (Å²) in [6.45, 7) is 10.6. The summed E-state index contributed by atoms with van der Waals surface area (Å²) in [6.07, 6.45) is 2.66. The number of piperidine rings is 1. The molecule has 2 nitrogen and oxygen atoms in total. The van der Waals surface area contributed by atoms with Gasteiger partial charge in [0.2, 0.25) is 0 Å². The van der Waals surface area contributed by atoms with Crippen LogP contribution in [0.3, 0.4) is 0 Å². The van der Waals surface area contributed by atoms with Crippen LogP contribution in [0.15, 0.2) is 0 Å². The number of aliphatic hydroxyl groups excluding tert-OH is 1. The fraction of sp³-hybridized carbons (Fsp3) is 1.00. The summed E-state index contributed by atoms with van der Waals surface area (Å²) >= 11 is 0. The van der Waals surface area contributed by atoms with E-state index in [4.69, 9.17) is 0 Å². The van der Waals surface area contributed by atoms with Crippen molar-refractivity contribution < 1.29 is 5.11 Å². The number of hydrogen-bond donors (Lipinski definition) is 1. The molecule has 0 radical (unpaired) electrons. The van der Waals surface area contributed by atoms with Crippen LogP contribution in [0.25, 0.3) is 0 Å². The van der Waals surface area contributed by atoms with Gasteiger partial charge in [0.15, 0.2) is 0 Å². The average Bonchev–Trinajstić information content (AvgIpc) is 2.16. The van der Waals surface area contributed by atoms with Gasteiger partial charge in [-0.2, -0.15) is 0 Å². The number of rotatable bonds is 4. The van der Waals surface area contributed by atoms with E-state index in [1.165, 1.54) is 25.9 Å². The molecule has 0 aromatic carbocycles. The number of hydrogen-bond acceptors (Lipinski definition) is 2. The van der Waals surface area contributed by atoms with Crippen LogP contribution >= 0.6 is 0 Å². The highest BCUT2D eigenvalue weighted by Crippen LogP contribution is 2.19. The van der Waals surface area contributed by atoms with E-state index in [0.717, 1.165) is 12.5 Å². The highest BCUT2D eigenvalue weighted by atomic mass is 16.3. The molecular formula is C12H25NO. The first-order valence-electron chi connectivity index (χ1n) is 5.96. The maximum atomic E-state index is 9.25. The topological polar surface area (TPSA) is 23.5 Å². The van der Waals surface area contributed by atoms with Gasteiger partial charge in [0.05, 0.1) is 0 Å². The molecule has 1 aliphatic rings. The Labute approximate surface area is 88.3 Å². The summed E-state index contributed by atoms with van der Waals surface area (Å²) in [5.41, 5.74) is 0. The average molecular weight is 199 g/mol. The van der Waals surface area contributed by atoms with Gasteiger partial charge in [-0.25, -0.2) is 0 Å². The van der Waals surface area contributed by atoms with Crippen molar-refractivity contribution in [3.63, 3.8) is 0 Å². The third-order valence-electron chi connectivity index (χ3n) is 3.55. The van der Waals surface area contributed by atoms with Crippen LogP contribution < -0.4 is 0 Å². The first kappa shape index (κ1) is 12.0. The molecule has 0 saturated carbocycles. The number of nitrogens with zero attached hydrogens (tertiary/aromatic N) is 1. The molecule has 1 N–H and O–H groups in total. The van der Waals surface area contributed by atoms with E-state index >= 15 is 0 Å². The minimum atomic E-state index is 0.337. The molecule has 0 aromatic rings. The minimum Gasteiger partial charge on any atom is -0.396 e. The Bertz CT molecular complexity index is 150. The zero-order valence-electron chi connectivity index (χ0n) is 9.87. The van der Waals surface area contributed by atoms with Crippen molar-refractivity contribution in [2.24, 2.45) is 17.8 Å². The second kappa shape index (κ2) is 5.72. The van der Waals surface area contributed by atoms with Crippen LogP contribution in [0, 0.1) is 17.8 Å². The van der Waals surface area contributed by atoms with Crippen LogP contribution in [0.2, 0.25) is 0 Å². The molecule has 2 heteroatoms. The second-order valence-corrected chi connectivity index (χ2v) is 5.17. The third-order valence-corrected chi connectivity index (χ3v) is 3.55. The lowest BCUT2D eigenvalue weighted by Crippen LogP contribution is -2.38. The van der Waals surface area contributed by atoms with Crippen molar-refractivity contribution in [1.29, 1.82) is 0 Å². The molecule has 0 spiro atoms. The predicted octanol–water partition coefficient (Wildman–Crippen LogP) is 1.98. The number of aliphatic hydroxyl groups is 1. The predicted molar refractivity (Wildman–Crippen MR) is 60.3 cm³/mol. The molecule has 0 aromatic heterocycles. The number of likely N-dealkylation sites (tertiary alicyclic amines) is 1. The Kier molecular flexibility index (Phi) is 4.90. The molecule has 0 bridgehead atoms. The zero-order valence-corrected chi connectivity index (χ0v) is 9.87. The monoisotopic (exact) mass is 199 g/mol. The van der Waals surface area contributed by atoms with Gasteiger partial charge in [0, 0.05) is 13.2 Å². The van der Waals surface area contributed by atoms with Gasteiger partial charge < -0.3 is 10.0 Å². The molecule has 84 valence electrons. The summed E-state index contributed by atoms with van der Waals surface area (Å²) in [6, 6.07) is 0. The maximum absolute atomic E-state index is 9.25. The molecule has 1 aliphatic heterocycles. The van der Waals surface area contributed by atoms with Gasteiger partial charge in [-0.15, -0.1) is 0 Å². The molecular weight excluding hydrogens is 174 g/mol. The standard InChI is InChI=1S/C12H25NO/c1-10(2)12(9-14)8-13-6-4-11(3)5-7-13/h10-12,14H,4-9H2,1-3H3. The van der Waals surface area contributed by atoms with Crippen molar-refractivity contribution >= 4 is 0 Å². The normalized spacial score (nSPS) is 22.9. The molecule has 1 atom stereocenters. The van der Waals surface area contributed by atoms with E-state index < -0.39 is 0 Å². The smallest absolute Gasteiger partial charge is 0.0473 e. The Hall–Kier alpha value is -0.0800. The van der Waals surface area contributed by atoms with Crippen molar-refractivity contribution in [3.05, 3.63) is 0 Å². The first-order chi connectivity index (χ1) is 6.63. The van der Waals surface area contributed by atoms with Gasteiger partial charge in [-0.05, 0) is 43.7 Å². The Balaban J connectivity index is 2.29. The van der Waals surface area contributed by atoms with Crippen molar-refractivity contribution in [3.8, 4) is 0 Å². The Morgan fingerprint density at radius 3 is 2.29 bits per heavy atom. The molecule has 1 unspecified atom stereocenters. The van der Waals surface area contributed by atoms with E-state index in [1.54, 1.807) is 0 Å². The van der Waals surface area contributed by atoms with Crippen molar-refractivity contribution in [2.45, 2.75) is 33.6 Å². The minimum absolute atomic E-state index is 0.337. The lowest BCUT2D eigenvalue weighted by molar-refractivity contribution is 0.109. The molecule has 14 heavy (non-hydrogen) atoms. The first-order valence-corrected chi connectivity index (χ1v) is 5.96. The van der Waals surface area contributed by atoms with Crippen LogP contribution in [-0.2, 0) is 0 Å². The fourth-order valence-electron chi connectivity index (χ4n) is 2.06.